The van der Waals surface area contributed by atoms with E-state index in [2.05, 4.69) is 5.32 Å². The van der Waals surface area contributed by atoms with Crippen LogP contribution < -0.4 is 16.8 Å². The molecule has 1 aromatic carbocycles. The van der Waals surface area contributed by atoms with Crippen LogP contribution in [0.2, 0.25) is 5.02 Å². The third-order valence-corrected chi connectivity index (χ3v) is 3.44. The number of hydrogen-bond acceptors (Lipinski definition) is 4. The Morgan fingerprint density at radius 2 is 2.16 bits per heavy atom. The van der Waals surface area contributed by atoms with Gasteiger partial charge < -0.3 is 16.2 Å². The maximum atomic E-state index is 11.4. The standard InChI is InChI=1S/C13H20ClN3O2/c1-9-10(14)5-4-6-11(9)17-13(16,12(18)19)7-2-3-8-15/h4-6,17H,2-3,7-8,15-16H2,1H3,(H,18,19)/t13-/m1/s1. The van der Waals surface area contributed by atoms with Crippen molar-refractivity contribution in [1.29, 1.82) is 0 Å². The maximum absolute atomic E-state index is 11.4. The van der Waals surface area contributed by atoms with E-state index in [1.807, 2.05) is 6.92 Å². The number of hydrogen-bond donors (Lipinski definition) is 4. The summed E-state index contributed by atoms with van der Waals surface area (Å²) < 4.78 is 0. The Morgan fingerprint density at radius 3 is 2.74 bits per heavy atom. The van der Waals surface area contributed by atoms with Gasteiger partial charge >= 0.3 is 5.97 Å². The number of unbranched alkanes of at least 4 members (excludes halogenated alkanes) is 1. The molecule has 1 aromatic rings. The molecule has 0 heterocycles. The number of rotatable bonds is 7. The predicted octanol–water partition coefficient (Wildman–Crippen LogP) is 1.93. The van der Waals surface area contributed by atoms with Gasteiger partial charge in [0.1, 0.15) is 0 Å². The van der Waals surface area contributed by atoms with Crippen LogP contribution in [0.25, 0.3) is 0 Å². The Morgan fingerprint density at radius 1 is 1.47 bits per heavy atom. The van der Waals surface area contributed by atoms with Crippen LogP contribution in [-0.4, -0.2) is 23.3 Å². The normalized spacial score (nSPS) is 13.9. The van der Waals surface area contributed by atoms with E-state index in [1.54, 1.807) is 18.2 Å². The first-order chi connectivity index (χ1) is 8.90. The zero-order chi connectivity index (χ0) is 14.5. The number of benzene rings is 1. The van der Waals surface area contributed by atoms with Crippen LogP contribution in [0.1, 0.15) is 24.8 Å². The summed E-state index contributed by atoms with van der Waals surface area (Å²) in [6.45, 7) is 2.33. The first kappa shape index (κ1) is 15.8. The van der Waals surface area contributed by atoms with Crippen LogP contribution in [0, 0.1) is 6.92 Å². The van der Waals surface area contributed by atoms with E-state index in [4.69, 9.17) is 23.1 Å². The summed E-state index contributed by atoms with van der Waals surface area (Å²) in [6.07, 6.45) is 1.68. The average molecular weight is 286 g/mol. The van der Waals surface area contributed by atoms with Crippen LogP contribution >= 0.6 is 11.6 Å². The second kappa shape index (κ2) is 6.75. The minimum Gasteiger partial charge on any atom is -0.478 e. The molecule has 0 unspecified atom stereocenters. The molecule has 0 saturated carbocycles. The number of carbonyl (C=O) groups is 1. The Labute approximate surface area is 117 Å². The Bertz CT molecular complexity index is 454. The summed E-state index contributed by atoms with van der Waals surface area (Å²) in [4.78, 5) is 11.4. The number of anilines is 1. The number of carboxylic acids is 1. The van der Waals surface area contributed by atoms with Gasteiger partial charge in [0, 0.05) is 10.7 Å². The lowest BCUT2D eigenvalue weighted by molar-refractivity contribution is -0.142. The number of nitrogens with two attached hydrogens (primary N) is 2. The Kier molecular flexibility index (Phi) is 5.60. The zero-order valence-corrected chi connectivity index (χ0v) is 11.7. The van der Waals surface area contributed by atoms with E-state index >= 15 is 0 Å². The van der Waals surface area contributed by atoms with Crippen molar-refractivity contribution in [1.82, 2.24) is 0 Å². The van der Waals surface area contributed by atoms with Gasteiger partial charge in [0.05, 0.1) is 0 Å². The van der Waals surface area contributed by atoms with Gasteiger partial charge in [-0.1, -0.05) is 17.7 Å². The molecule has 0 aliphatic rings. The molecule has 19 heavy (non-hydrogen) atoms. The summed E-state index contributed by atoms with van der Waals surface area (Å²) in [5, 5.41) is 12.7. The van der Waals surface area contributed by atoms with Crippen molar-refractivity contribution in [2.75, 3.05) is 11.9 Å². The number of carboxylic acid groups (broad SMARTS) is 1. The molecule has 6 heteroatoms. The van der Waals surface area contributed by atoms with Crippen molar-refractivity contribution in [2.45, 2.75) is 31.8 Å². The number of halogens is 1. The summed E-state index contributed by atoms with van der Waals surface area (Å²) in [5.74, 6) is -1.09. The van der Waals surface area contributed by atoms with Gasteiger partial charge in [0.15, 0.2) is 5.66 Å². The fourth-order valence-corrected chi connectivity index (χ4v) is 1.93. The minimum atomic E-state index is -1.51. The molecular weight excluding hydrogens is 266 g/mol. The van der Waals surface area contributed by atoms with E-state index in [0.717, 1.165) is 12.0 Å². The van der Waals surface area contributed by atoms with Gasteiger partial charge in [-0.2, -0.15) is 0 Å². The Hall–Kier alpha value is -1.30. The van der Waals surface area contributed by atoms with Crippen LogP contribution in [-0.2, 0) is 4.79 Å². The fraction of sp³-hybridized carbons (Fsp3) is 0.462. The molecule has 0 aliphatic carbocycles. The first-order valence-electron chi connectivity index (χ1n) is 6.16. The van der Waals surface area contributed by atoms with Crippen molar-refractivity contribution < 1.29 is 9.90 Å². The quantitative estimate of drug-likeness (QED) is 0.453. The molecule has 0 bridgehead atoms. The average Bonchev–Trinajstić information content (AvgIpc) is 2.35. The summed E-state index contributed by atoms with van der Waals surface area (Å²) in [5.41, 5.74) is 11.2. The smallest absolute Gasteiger partial charge is 0.344 e. The third kappa shape index (κ3) is 4.09. The monoisotopic (exact) mass is 285 g/mol. The largest absolute Gasteiger partial charge is 0.478 e. The molecule has 0 radical (unpaired) electrons. The fourth-order valence-electron chi connectivity index (χ4n) is 1.75. The van der Waals surface area contributed by atoms with Crippen LogP contribution in [0.4, 0.5) is 5.69 Å². The molecule has 1 atom stereocenters. The second-order valence-corrected chi connectivity index (χ2v) is 4.97. The molecule has 0 amide bonds. The topological polar surface area (TPSA) is 101 Å². The van der Waals surface area contributed by atoms with E-state index in [9.17, 15) is 9.90 Å². The molecule has 106 valence electrons. The van der Waals surface area contributed by atoms with Gasteiger partial charge in [-0.3, -0.25) is 5.73 Å². The highest BCUT2D eigenvalue weighted by Crippen LogP contribution is 2.26. The van der Waals surface area contributed by atoms with Gasteiger partial charge in [-0.05, 0) is 50.4 Å². The van der Waals surface area contributed by atoms with Crippen LogP contribution in [0.15, 0.2) is 18.2 Å². The molecule has 0 spiro atoms. The summed E-state index contributed by atoms with van der Waals surface area (Å²) >= 11 is 6.00. The van der Waals surface area contributed by atoms with E-state index in [0.29, 0.717) is 30.1 Å². The van der Waals surface area contributed by atoms with Gasteiger partial charge in [0.2, 0.25) is 0 Å². The van der Waals surface area contributed by atoms with Crippen molar-refractivity contribution >= 4 is 23.3 Å². The van der Waals surface area contributed by atoms with Gasteiger partial charge in [-0.15, -0.1) is 0 Å². The molecule has 0 fully saturated rings. The highest BCUT2D eigenvalue weighted by Gasteiger charge is 2.33. The minimum absolute atomic E-state index is 0.297. The molecule has 5 nitrogen and oxygen atoms in total. The van der Waals surface area contributed by atoms with E-state index in [-0.39, 0.29) is 0 Å². The lowest BCUT2D eigenvalue weighted by Gasteiger charge is -2.28. The van der Waals surface area contributed by atoms with E-state index < -0.39 is 11.6 Å². The van der Waals surface area contributed by atoms with Crippen LogP contribution in [0.3, 0.4) is 0 Å². The lowest BCUT2D eigenvalue weighted by Crippen LogP contribution is -2.55. The van der Waals surface area contributed by atoms with Crippen molar-refractivity contribution in [3.05, 3.63) is 28.8 Å². The molecule has 6 N–H and O–H groups in total. The second-order valence-electron chi connectivity index (χ2n) is 4.56. The van der Waals surface area contributed by atoms with Crippen LogP contribution in [0.5, 0.6) is 0 Å². The van der Waals surface area contributed by atoms with Gasteiger partial charge in [-0.25, -0.2) is 4.79 Å². The first-order valence-corrected chi connectivity index (χ1v) is 6.54. The number of aliphatic carboxylic acids is 1. The predicted molar refractivity (Wildman–Crippen MR) is 77.3 cm³/mol. The summed E-state index contributed by atoms with van der Waals surface area (Å²) in [7, 11) is 0. The molecule has 0 aliphatic heterocycles. The molecule has 0 saturated heterocycles. The van der Waals surface area contributed by atoms with Crippen molar-refractivity contribution in [3.63, 3.8) is 0 Å². The lowest BCUT2D eigenvalue weighted by atomic mass is 10.0. The molecular formula is C13H20ClN3O2. The highest BCUT2D eigenvalue weighted by atomic mass is 35.5. The van der Waals surface area contributed by atoms with Crippen molar-refractivity contribution in [2.24, 2.45) is 11.5 Å². The highest BCUT2D eigenvalue weighted by molar-refractivity contribution is 6.31. The van der Waals surface area contributed by atoms with Crippen molar-refractivity contribution in [3.8, 4) is 0 Å². The van der Waals surface area contributed by atoms with E-state index in [1.165, 1.54) is 0 Å². The molecule has 1 rings (SSSR count). The third-order valence-electron chi connectivity index (χ3n) is 3.03. The Balaban J connectivity index is 2.89. The summed E-state index contributed by atoms with van der Waals surface area (Å²) in [6, 6.07) is 5.25. The zero-order valence-electron chi connectivity index (χ0n) is 10.9. The number of nitrogens with one attached hydrogen (secondary N) is 1. The molecule has 0 aromatic heterocycles. The SMILES string of the molecule is Cc1c(Cl)cccc1N[C@](N)(CCCCN)C(=O)O. The maximum Gasteiger partial charge on any atom is 0.344 e. The van der Waals surface area contributed by atoms with Gasteiger partial charge in [0.25, 0.3) is 0 Å².